The minimum atomic E-state index is -0.970. The quantitative estimate of drug-likeness (QED) is 0.937. The van der Waals surface area contributed by atoms with Crippen LogP contribution in [0.2, 0.25) is 0 Å². The SMILES string of the molecule is CC(C)c1noc(Cn2cc(C(=O)O)cc2Br)n1. The number of halogens is 1. The van der Waals surface area contributed by atoms with Gasteiger partial charge in [0.2, 0.25) is 5.89 Å². The molecule has 0 fully saturated rings. The van der Waals surface area contributed by atoms with E-state index in [1.807, 2.05) is 13.8 Å². The van der Waals surface area contributed by atoms with Gasteiger partial charge in [0.15, 0.2) is 5.82 Å². The van der Waals surface area contributed by atoms with Crippen LogP contribution in [0, 0.1) is 0 Å². The highest BCUT2D eigenvalue weighted by Crippen LogP contribution is 2.17. The molecule has 0 unspecified atom stereocenters. The van der Waals surface area contributed by atoms with Gasteiger partial charge in [-0.2, -0.15) is 4.98 Å². The van der Waals surface area contributed by atoms with E-state index in [4.69, 9.17) is 9.63 Å². The molecule has 1 N–H and O–H groups in total. The fourth-order valence-corrected chi connectivity index (χ4v) is 1.90. The molecule has 18 heavy (non-hydrogen) atoms. The minimum Gasteiger partial charge on any atom is -0.478 e. The molecule has 0 spiro atoms. The summed E-state index contributed by atoms with van der Waals surface area (Å²) in [7, 11) is 0. The number of aromatic carboxylic acids is 1. The van der Waals surface area contributed by atoms with Crippen molar-refractivity contribution in [2.24, 2.45) is 0 Å². The van der Waals surface area contributed by atoms with E-state index in [0.29, 0.717) is 22.9 Å². The lowest BCUT2D eigenvalue weighted by atomic mass is 10.2. The Bertz CT molecular complexity index is 574. The molecular formula is C11H12BrN3O3. The van der Waals surface area contributed by atoms with Crippen molar-refractivity contribution in [3.8, 4) is 0 Å². The van der Waals surface area contributed by atoms with E-state index in [-0.39, 0.29) is 11.5 Å². The Kier molecular flexibility index (Phi) is 3.51. The Balaban J connectivity index is 2.20. The summed E-state index contributed by atoms with van der Waals surface area (Å²) < 4.78 is 7.46. The number of nitrogens with zero attached hydrogens (tertiary/aromatic N) is 3. The summed E-state index contributed by atoms with van der Waals surface area (Å²) in [5, 5.41) is 12.7. The highest BCUT2D eigenvalue weighted by molar-refractivity contribution is 9.10. The summed E-state index contributed by atoms with van der Waals surface area (Å²) in [5.41, 5.74) is 0.213. The first-order valence-electron chi connectivity index (χ1n) is 5.39. The smallest absolute Gasteiger partial charge is 0.337 e. The van der Waals surface area contributed by atoms with Crippen molar-refractivity contribution in [1.29, 1.82) is 0 Å². The van der Waals surface area contributed by atoms with Crippen LogP contribution < -0.4 is 0 Å². The maximum atomic E-state index is 10.8. The molecule has 7 heteroatoms. The van der Waals surface area contributed by atoms with Crippen molar-refractivity contribution in [3.05, 3.63) is 34.1 Å². The largest absolute Gasteiger partial charge is 0.478 e. The van der Waals surface area contributed by atoms with Crippen LogP contribution in [0.1, 0.15) is 41.8 Å². The summed E-state index contributed by atoms with van der Waals surface area (Å²) in [5.74, 6) is 0.326. The van der Waals surface area contributed by atoms with Gasteiger partial charge in [-0.25, -0.2) is 4.79 Å². The van der Waals surface area contributed by atoms with Crippen molar-refractivity contribution < 1.29 is 14.4 Å². The summed E-state index contributed by atoms with van der Waals surface area (Å²) in [6.45, 7) is 4.29. The lowest BCUT2D eigenvalue weighted by Gasteiger charge is -1.99. The Labute approximate surface area is 112 Å². The van der Waals surface area contributed by atoms with E-state index in [1.165, 1.54) is 12.3 Å². The van der Waals surface area contributed by atoms with E-state index in [2.05, 4.69) is 26.1 Å². The molecule has 0 aliphatic rings. The summed E-state index contributed by atoms with van der Waals surface area (Å²) in [6.07, 6.45) is 1.52. The second-order valence-corrected chi connectivity index (χ2v) is 5.00. The number of rotatable bonds is 4. The predicted molar refractivity (Wildman–Crippen MR) is 66.6 cm³/mol. The van der Waals surface area contributed by atoms with Gasteiger partial charge in [-0.1, -0.05) is 19.0 Å². The fraction of sp³-hybridized carbons (Fsp3) is 0.364. The average Bonchev–Trinajstić information content (AvgIpc) is 2.87. The molecule has 0 aromatic carbocycles. The zero-order valence-electron chi connectivity index (χ0n) is 9.92. The highest BCUT2D eigenvalue weighted by atomic mass is 79.9. The molecule has 0 saturated carbocycles. The third kappa shape index (κ3) is 2.61. The molecule has 2 aromatic heterocycles. The zero-order chi connectivity index (χ0) is 13.3. The van der Waals surface area contributed by atoms with Gasteiger partial charge < -0.3 is 14.2 Å². The first-order chi connectivity index (χ1) is 8.47. The van der Waals surface area contributed by atoms with Crippen molar-refractivity contribution in [3.63, 3.8) is 0 Å². The average molecular weight is 314 g/mol. The van der Waals surface area contributed by atoms with Gasteiger partial charge >= 0.3 is 5.97 Å². The second kappa shape index (κ2) is 4.93. The third-order valence-electron chi connectivity index (χ3n) is 2.40. The van der Waals surface area contributed by atoms with Crippen LogP contribution >= 0.6 is 15.9 Å². The van der Waals surface area contributed by atoms with E-state index >= 15 is 0 Å². The minimum absolute atomic E-state index is 0.199. The Morgan fingerprint density at radius 1 is 1.61 bits per heavy atom. The maximum absolute atomic E-state index is 10.8. The lowest BCUT2D eigenvalue weighted by molar-refractivity contribution is 0.0697. The van der Waals surface area contributed by atoms with Crippen LogP contribution in [0.3, 0.4) is 0 Å². The van der Waals surface area contributed by atoms with Gasteiger partial charge in [-0.3, -0.25) is 0 Å². The van der Waals surface area contributed by atoms with Crippen LogP contribution in [0.4, 0.5) is 0 Å². The second-order valence-electron chi connectivity index (χ2n) is 4.19. The van der Waals surface area contributed by atoms with E-state index in [0.717, 1.165) is 0 Å². The van der Waals surface area contributed by atoms with Gasteiger partial charge in [0, 0.05) is 12.1 Å². The van der Waals surface area contributed by atoms with Crippen LogP contribution in [0.15, 0.2) is 21.4 Å². The van der Waals surface area contributed by atoms with Crippen LogP contribution in [0.5, 0.6) is 0 Å². The Morgan fingerprint density at radius 3 is 2.83 bits per heavy atom. The normalized spacial score (nSPS) is 11.1. The fourth-order valence-electron chi connectivity index (χ4n) is 1.43. The third-order valence-corrected chi connectivity index (χ3v) is 3.08. The van der Waals surface area contributed by atoms with Crippen LogP contribution in [-0.4, -0.2) is 25.8 Å². The zero-order valence-corrected chi connectivity index (χ0v) is 11.5. The first-order valence-corrected chi connectivity index (χ1v) is 6.18. The van der Waals surface area contributed by atoms with Crippen molar-refractivity contribution in [2.45, 2.75) is 26.3 Å². The monoisotopic (exact) mass is 313 g/mol. The summed E-state index contributed by atoms with van der Waals surface area (Å²) >= 11 is 3.29. The van der Waals surface area contributed by atoms with Gasteiger partial charge in [-0.15, -0.1) is 0 Å². The summed E-state index contributed by atoms with van der Waals surface area (Å²) in [6, 6.07) is 1.53. The number of carboxylic acid groups (broad SMARTS) is 1. The van der Waals surface area contributed by atoms with E-state index in [1.54, 1.807) is 4.57 Å². The van der Waals surface area contributed by atoms with Crippen LogP contribution in [0.25, 0.3) is 0 Å². The van der Waals surface area contributed by atoms with Crippen LogP contribution in [-0.2, 0) is 6.54 Å². The highest BCUT2D eigenvalue weighted by Gasteiger charge is 2.13. The molecule has 0 atom stereocenters. The molecule has 2 rings (SSSR count). The molecular weight excluding hydrogens is 302 g/mol. The lowest BCUT2D eigenvalue weighted by Crippen LogP contribution is -2.00. The number of hydrogen-bond acceptors (Lipinski definition) is 4. The molecule has 96 valence electrons. The summed E-state index contributed by atoms with van der Waals surface area (Å²) in [4.78, 5) is 15.1. The molecule has 0 amide bonds. The Hall–Kier alpha value is -1.63. The van der Waals surface area contributed by atoms with Crippen molar-refractivity contribution in [1.82, 2.24) is 14.7 Å². The number of carboxylic acids is 1. The van der Waals surface area contributed by atoms with Gasteiger partial charge in [0.05, 0.1) is 10.2 Å². The number of hydrogen-bond donors (Lipinski definition) is 1. The topological polar surface area (TPSA) is 81.2 Å². The standard InChI is InChI=1S/C11H12BrN3O3/c1-6(2)10-13-9(18-14-10)5-15-4-7(11(16)17)3-8(15)12/h3-4,6H,5H2,1-2H3,(H,16,17). The van der Waals surface area contributed by atoms with Gasteiger partial charge in [0.1, 0.15) is 6.54 Å². The van der Waals surface area contributed by atoms with Gasteiger partial charge in [0.25, 0.3) is 0 Å². The van der Waals surface area contributed by atoms with Crippen molar-refractivity contribution in [2.75, 3.05) is 0 Å². The number of aromatic nitrogens is 3. The predicted octanol–water partition coefficient (Wildman–Crippen LogP) is 2.50. The molecule has 2 heterocycles. The van der Waals surface area contributed by atoms with Gasteiger partial charge in [-0.05, 0) is 22.0 Å². The molecule has 0 radical (unpaired) electrons. The first kappa shape index (κ1) is 12.8. The molecule has 0 aliphatic carbocycles. The van der Waals surface area contributed by atoms with E-state index in [9.17, 15) is 4.79 Å². The molecule has 0 saturated heterocycles. The van der Waals surface area contributed by atoms with Crippen molar-refractivity contribution >= 4 is 21.9 Å². The molecule has 6 nitrogen and oxygen atoms in total. The molecule has 0 aliphatic heterocycles. The van der Waals surface area contributed by atoms with E-state index < -0.39 is 5.97 Å². The maximum Gasteiger partial charge on any atom is 0.337 e. The number of carbonyl (C=O) groups is 1. The Morgan fingerprint density at radius 2 is 2.33 bits per heavy atom. The molecule has 0 bridgehead atoms. The molecule has 2 aromatic rings.